The van der Waals surface area contributed by atoms with Gasteiger partial charge in [0, 0.05) is 13.1 Å². The number of hydrogen-bond donors (Lipinski definition) is 0. The number of amides is 2. The molecule has 0 radical (unpaired) electrons. The molecule has 8 heteroatoms. The zero-order valence-electron chi connectivity index (χ0n) is 14.5. The number of ether oxygens (including phenoxy) is 2. The summed E-state index contributed by atoms with van der Waals surface area (Å²) >= 11 is 6.52. The van der Waals surface area contributed by atoms with Crippen LogP contribution in [0.2, 0.25) is 0 Å². The number of thiocarbonyl (C=S) groups is 1. The van der Waals surface area contributed by atoms with E-state index in [2.05, 4.69) is 0 Å². The Bertz CT molecular complexity index is 727. The second-order valence-corrected chi connectivity index (χ2v) is 7.44. The summed E-state index contributed by atoms with van der Waals surface area (Å²) in [4.78, 5) is 28.6. The van der Waals surface area contributed by atoms with Crippen LogP contribution in [0.3, 0.4) is 0 Å². The molecular weight excluding hydrogens is 372 g/mol. The lowest BCUT2D eigenvalue weighted by molar-refractivity contribution is -0.138. The number of morpholine rings is 1. The summed E-state index contributed by atoms with van der Waals surface area (Å²) in [5.41, 5.74) is 0.883. The lowest BCUT2D eigenvalue weighted by Gasteiger charge is -2.28. The smallest absolute Gasteiger partial charge is 0.266 e. The molecule has 0 unspecified atom stereocenters. The van der Waals surface area contributed by atoms with E-state index in [0.717, 1.165) is 11.3 Å². The third-order valence-electron chi connectivity index (χ3n) is 4.02. The second-order valence-electron chi connectivity index (χ2n) is 5.76. The fourth-order valence-corrected chi connectivity index (χ4v) is 3.92. The average molecular weight is 393 g/mol. The fourth-order valence-electron chi connectivity index (χ4n) is 2.66. The molecule has 2 saturated heterocycles. The van der Waals surface area contributed by atoms with Gasteiger partial charge in [-0.3, -0.25) is 14.5 Å². The van der Waals surface area contributed by atoms with Crippen LogP contribution in [0.5, 0.6) is 5.75 Å². The number of benzene rings is 1. The maximum absolute atomic E-state index is 12.6. The van der Waals surface area contributed by atoms with Crippen molar-refractivity contribution in [3.8, 4) is 5.75 Å². The molecule has 2 heterocycles. The van der Waals surface area contributed by atoms with Crippen LogP contribution in [0.25, 0.3) is 6.08 Å². The topological polar surface area (TPSA) is 59.1 Å². The Morgan fingerprint density at radius 1 is 1.31 bits per heavy atom. The monoisotopic (exact) mass is 392 g/mol. The van der Waals surface area contributed by atoms with Gasteiger partial charge < -0.3 is 14.4 Å². The first kappa shape index (κ1) is 18.9. The van der Waals surface area contributed by atoms with E-state index in [1.54, 1.807) is 11.0 Å². The molecule has 26 heavy (non-hydrogen) atoms. The fraction of sp³-hybridized carbons (Fsp3) is 0.389. The van der Waals surface area contributed by atoms with Crippen molar-refractivity contribution >= 4 is 46.2 Å². The van der Waals surface area contributed by atoms with Crippen LogP contribution in [0, 0.1) is 0 Å². The van der Waals surface area contributed by atoms with Crippen LogP contribution in [-0.2, 0) is 14.3 Å². The number of rotatable bonds is 5. The molecular formula is C18H20N2O4S2. The molecule has 1 aromatic carbocycles. The van der Waals surface area contributed by atoms with Gasteiger partial charge in [-0.25, -0.2) is 0 Å². The predicted molar refractivity (Wildman–Crippen MR) is 105 cm³/mol. The van der Waals surface area contributed by atoms with E-state index in [-0.39, 0.29) is 18.4 Å². The van der Waals surface area contributed by atoms with Crippen molar-refractivity contribution in [2.75, 3.05) is 39.5 Å². The number of carbonyl (C=O) groups excluding carboxylic acids is 2. The lowest BCUT2D eigenvalue weighted by atomic mass is 10.2. The van der Waals surface area contributed by atoms with Crippen LogP contribution < -0.4 is 4.74 Å². The Hall–Kier alpha value is -1.90. The highest BCUT2D eigenvalue weighted by atomic mass is 32.2. The molecule has 0 spiro atoms. The molecule has 0 atom stereocenters. The van der Waals surface area contributed by atoms with Gasteiger partial charge in [-0.2, -0.15) is 0 Å². The highest BCUT2D eigenvalue weighted by Crippen LogP contribution is 2.32. The molecule has 3 rings (SSSR count). The standard InChI is InChI=1S/C18H20N2O4S2/c1-2-24-14-5-3-13(4-6-14)11-15-17(22)20(18(25)26-15)12-16(21)19-7-9-23-10-8-19/h3-6,11H,2,7-10,12H2,1H3/b15-11-. The maximum atomic E-state index is 12.6. The summed E-state index contributed by atoms with van der Waals surface area (Å²) in [5, 5.41) is 0. The number of hydrogen-bond acceptors (Lipinski definition) is 6. The molecule has 0 N–H and O–H groups in total. The van der Waals surface area contributed by atoms with Gasteiger partial charge in [0.25, 0.3) is 5.91 Å². The molecule has 0 saturated carbocycles. The predicted octanol–water partition coefficient (Wildman–Crippen LogP) is 2.15. The summed E-state index contributed by atoms with van der Waals surface area (Å²) < 4.78 is 11.1. The first-order valence-electron chi connectivity index (χ1n) is 8.42. The first-order chi connectivity index (χ1) is 12.6. The van der Waals surface area contributed by atoms with Crippen LogP contribution in [0.4, 0.5) is 0 Å². The van der Waals surface area contributed by atoms with E-state index in [0.29, 0.717) is 42.1 Å². The van der Waals surface area contributed by atoms with Crippen LogP contribution in [-0.4, -0.2) is 65.4 Å². The summed E-state index contributed by atoms with van der Waals surface area (Å²) in [7, 11) is 0. The molecule has 6 nitrogen and oxygen atoms in total. The quantitative estimate of drug-likeness (QED) is 0.565. The lowest BCUT2D eigenvalue weighted by Crippen LogP contribution is -2.46. The molecule has 0 bridgehead atoms. The van der Waals surface area contributed by atoms with E-state index < -0.39 is 0 Å². The Morgan fingerprint density at radius 3 is 2.65 bits per heavy atom. The minimum atomic E-state index is -0.226. The number of nitrogens with zero attached hydrogens (tertiary/aromatic N) is 2. The molecule has 2 amide bonds. The Labute approximate surface area is 162 Å². The van der Waals surface area contributed by atoms with Gasteiger partial charge in [-0.15, -0.1) is 0 Å². The Balaban J connectivity index is 1.66. The first-order valence-corrected chi connectivity index (χ1v) is 9.64. The summed E-state index contributed by atoms with van der Waals surface area (Å²) in [5.74, 6) is 0.454. The number of thioether (sulfide) groups is 1. The van der Waals surface area contributed by atoms with Crippen molar-refractivity contribution in [2.24, 2.45) is 0 Å². The summed E-state index contributed by atoms with van der Waals surface area (Å²) in [6.45, 7) is 4.67. The van der Waals surface area contributed by atoms with Gasteiger partial charge in [0.15, 0.2) is 0 Å². The zero-order valence-corrected chi connectivity index (χ0v) is 16.1. The van der Waals surface area contributed by atoms with Gasteiger partial charge in [0.05, 0.1) is 24.7 Å². The molecule has 1 aromatic rings. The third-order valence-corrected chi connectivity index (χ3v) is 5.40. The van der Waals surface area contributed by atoms with E-state index in [1.807, 2.05) is 31.2 Å². The van der Waals surface area contributed by atoms with Crippen LogP contribution in [0.1, 0.15) is 12.5 Å². The minimum Gasteiger partial charge on any atom is -0.494 e. The maximum Gasteiger partial charge on any atom is 0.266 e. The molecule has 2 aliphatic heterocycles. The summed E-state index contributed by atoms with van der Waals surface area (Å²) in [6, 6.07) is 7.49. The highest BCUT2D eigenvalue weighted by molar-refractivity contribution is 8.26. The van der Waals surface area contributed by atoms with Crippen molar-refractivity contribution in [1.82, 2.24) is 9.80 Å². The minimum absolute atomic E-state index is 0.0225. The van der Waals surface area contributed by atoms with Crippen molar-refractivity contribution in [1.29, 1.82) is 0 Å². The largest absolute Gasteiger partial charge is 0.494 e. The zero-order chi connectivity index (χ0) is 18.5. The summed E-state index contributed by atoms with van der Waals surface area (Å²) in [6.07, 6.45) is 1.79. The highest BCUT2D eigenvalue weighted by Gasteiger charge is 2.34. The Morgan fingerprint density at radius 2 is 2.00 bits per heavy atom. The second kappa shape index (κ2) is 8.66. The van der Waals surface area contributed by atoms with Gasteiger partial charge in [-0.05, 0) is 30.7 Å². The van der Waals surface area contributed by atoms with Crippen LogP contribution in [0.15, 0.2) is 29.2 Å². The molecule has 138 valence electrons. The number of carbonyl (C=O) groups is 2. The SMILES string of the molecule is CCOc1ccc(/C=C2\SC(=S)N(CC(=O)N3CCOCC3)C2=O)cc1. The van der Waals surface area contributed by atoms with Gasteiger partial charge in [0.2, 0.25) is 5.91 Å². The van der Waals surface area contributed by atoms with E-state index in [1.165, 1.54) is 16.7 Å². The van der Waals surface area contributed by atoms with Crippen molar-refractivity contribution in [2.45, 2.75) is 6.92 Å². The van der Waals surface area contributed by atoms with E-state index in [9.17, 15) is 9.59 Å². The molecule has 2 fully saturated rings. The van der Waals surface area contributed by atoms with Crippen molar-refractivity contribution in [3.05, 3.63) is 34.7 Å². The van der Waals surface area contributed by atoms with Crippen LogP contribution >= 0.6 is 24.0 Å². The molecule has 2 aliphatic rings. The Kier molecular flexibility index (Phi) is 6.29. The van der Waals surface area contributed by atoms with Gasteiger partial charge in [0.1, 0.15) is 16.6 Å². The molecule has 0 aliphatic carbocycles. The normalized spacial score (nSPS) is 19.3. The van der Waals surface area contributed by atoms with Gasteiger partial charge >= 0.3 is 0 Å². The van der Waals surface area contributed by atoms with Crippen molar-refractivity contribution < 1.29 is 19.1 Å². The molecule has 0 aromatic heterocycles. The van der Waals surface area contributed by atoms with E-state index in [4.69, 9.17) is 21.7 Å². The average Bonchev–Trinajstić information content (AvgIpc) is 2.91. The van der Waals surface area contributed by atoms with Gasteiger partial charge in [-0.1, -0.05) is 36.1 Å². The van der Waals surface area contributed by atoms with Crippen molar-refractivity contribution in [3.63, 3.8) is 0 Å². The third kappa shape index (κ3) is 4.44. The van der Waals surface area contributed by atoms with E-state index >= 15 is 0 Å².